The molecule has 0 aliphatic rings. The number of nitrogens with one attached hydrogen (secondary N) is 2. The number of nitro groups is 1. The van der Waals surface area contributed by atoms with Crippen molar-refractivity contribution in [2.75, 3.05) is 11.9 Å². The molecule has 1 aromatic carbocycles. The summed E-state index contributed by atoms with van der Waals surface area (Å²) in [5, 5.41) is 15.9. The van der Waals surface area contributed by atoms with Crippen LogP contribution in [-0.2, 0) is 4.79 Å². The molecule has 104 valence electrons. The van der Waals surface area contributed by atoms with Gasteiger partial charge in [-0.1, -0.05) is 6.92 Å². The fourth-order valence-corrected chi connectivity index (χ4v) is 1.54. The number of likely N-dealkylation sites (N-methyl/N-ethyl adjacent to an activating group) is 1. The summed E-state index contributed by atoms with van der Waals surface area (Å²) in [6.07, 6.45) is 0. The molecule has 19 heavy (non-hydrogen) atoms. The molecule has 7 heteroatoms. The van der Waals surface area contributed by atoms with Gasteiger partial charge in [0.15, 0.2) is 0 Å². The standard InChI is InChI=1S/C12H16FN3O3/c1-4-14-12(2,3)11(17)15-8-5-6-10(16(18)19)9(13)7-8/h5-7,14H,4H2,1-3H3,(H,15,17). The molecule has 0 aliphatic carbocycles. The molecule has 0 unspecified atom stereocenters. The number of carbonyl (C=O) groups is 1. The normalized spacial score (nSPS) is 11.2. The molecule has 6 nitrogen and oxygen atoms in total. The number of amides is 1. The average molecular weight is 269 g/mol. The lowest BCUT2D eigenvalue weighted by molar-refractivity contribution is -0.387. The van der Waals surface area contributed by atoms with Crippen LogP contribution in [0.4, 0.5) is 15.8 Å². The number of carbonyl (C=O) groups excluding carboxylic acids is 1. The highest BCUT2D eigenvalue weighted by Gasteiger charge is 2.26. The van der Waals surface area contributed by atoms with Crippen LogP contribution in [0.15, 0.2) is 18.2 Å². The fraction of sp³-hybridized carbons (Fsp3) is 0.417. The zero-order valence-corrected chi connectivity index (χ0v) is 11.0. The van der Waals surface area contributed by atoms with Gasteiger partial charge >= 0.3 is 5.69 Å². The van der Waals surface area contributed by atoms with Gasteiger partial charge in [-0.2, -0.15) is 4.39 Å². The van der Waals surface area contributed by atoms with E-state index in [1.807, 2.05) is 6.92 Å². The number of halogens is 1. The van der Waals surface area contributed by atoms with Gasteiger partial charge in [0, 0.05) is 17.8 Å². The van der Waals surface area contributed by atoms with Crippen LogP contribution in [-0.4, -0.2) is 22.9 Å². The van der Waals surface area contributed by atoms with Crippen LogP contribution < -0.4 is 10.6 Å². The van der Waals surface area contributed by atoms with Crippen LogP contribution in [0.25, 0.3) is 0 Å². The Morgan fingerprint density at radius 2 is 2.11 bits per heavy atom. The number of hydrogen-bond acceptors (Lipinski definition) is 4. The monoisotopic (exact) mass is 269 g/mol. The summed E-state index contributed by atoms with van der Waals surface area (Å²) < 4.78 is 13.4. The fourth-order valence-electron chi connectivity index (χ4n) is 1.54. The van der Waals surface area contributed by atoms with E-state index in [0.717, 1.165) is 12.1 Å². The number of benzene rings is 1. The van der Waals surface area contributed by atoms with Crippen LogP contribution in [0.2, 0.25) is 0 Å². The minimum absolute atomic E-state index is 0.180. The molecule has 0 saturated heterocycles. The van der Waals surface area contributed by atoms with Gasteiger partial charge in [0.25, 0.3) is 0 Å². The van der Waals surface area contributed by atoms with Gasteiger partial charge in [-0.3, -0.25) is 14.9 Å². The molecule has 0 aliphatic heterocycles. The molecule has 0 heterocycles. The van der Waals surface area contributed by atoms with Crippen molar-refractivity contribution in [2.24, 2.45) is 0 Å². The Balaban J connectivity index is 2.87. The number of anilines is 1. The maximum absolute atomic E-state index is 13.4. The number of hydrogen-bond donors (Lipinski definition) is 2. The molecular weight excluding hydrogens is 253 g/mol. The average Bonchev–Trinajstić information content (AvgIpc) is 2.28. The van der Waals surface area contributed by atoms with Crippen molar-refractivity contribution in [3.63, 3.8) is 0 Å². The minimum atomic E-state index is -0.982. The molecule has 0 bridgehead atoms. The third-order valence-corrected chi connectivity index (χ3v) is 2.59. The van der Waals surface area contributed by atoms with Crippen molar-refractivity contribution in [2.45, 2.75) is 26.3 Å². The largest absolute Gasteiger partial charge is 0.324 e. The third-order valence-electron chi connectivity index (χ3n) is 2.59. The summed E-state index contributed by atoms with van der Waals surface area (Å²) in [5.41, 5.74) is -1.25. The predicted molar refractivity (Wildman–Crippen MR) is 69.4 cm³/mol. The van der Waals surface area contributed by atoms with E-state index < -0.39 is 22.0 Å². The second-order valence-electron chi connectivity index (χ2n) is 4.53. The molecule has 0 saturated carbocycles. The minimum Gasteiger partial charge on any atom is -0.324 e. The smallest absolute Gasteiger partial charge is 0.304 e. The third kappa shape index (κ3) is 3.72. The maximum atomic E-state index is 13.4. The van der Waals surface area contributed by atoms with E-state index in [2.05, 4.69) is 10.6 Å². The van der Waals surface area contributed by atoms with Crippen LogP contribution in [0.1, 0.15) is 20.8 Å². The maximum Gasteiger partial charge on any atom is 0.304 e. The van der Waals surface area contributed by atoms with Crippen molar-refractivity contribution in [1.29, 1.82) is 0 Å². The Labute approximate surface area is 110 Å². The van der Waals surface area contributed by atoms with Gasteiger partial charge in [0.2, 0.25) is 11.7 Å². The lowest BCUT2D eigenvalue weighted by Crippen LogP contribution is -2.49. The molecule has 0 aromatic heterocycles. The van der Waals surface area contributed by atoms with Gasteiger partial charge in [-0.05, 0) is 26.5 Å². The molecule has 0 fully saturated rings. The zero-order valence-electron chi connectivity index (χ0n) is 11.0. The van der Waals surface area contributed by atoms with Crippen LogP contribution in [0, 0.1) is 15.9 Å². The van der Waals surface area contributed by atoms with Crippen molar-refractivity contribution in [3.8, 4) is 0 Å². The first-order chi connectivity index (χ1) is 8.77. The van der Waals surface area contributed by atoms with E-state index in [1.165, 1.54) is 6.07 Å². The first-order valence-electron chi connectivity index (χ1n) is 5.78. The SMILES string of the molecule is CCNC(C)(C)C(=O)Nc1ccc([N+](=O)[O-])c(F)c1. The molecule has 1 amide bonds. The Morgan fingerprint density at radius 1 is 1.47 bits per heavy atom. The van der Waals surface area contributed by atoms with E-state index in [9.17, 15) is 19.3 Å². The topological polar surface area (TPSA) is 84.3 Å². The van der Waals surface area contributed by atoms with E-state index in [4.69, 9.17) is 0 Å². The van der Waals surface area contributed by atoms with Gasteiger partial charge in [0.1, 0.15) is 0 Å². The summed E-state index contributed by atoms with van der Waals surface area (Å²) >= 11 is 0. The highest BCUT2D eigenvalue weighted by molar-refractivity contribution is 5.97. The Morgan fingerprint density at radius 3 is 2.58 bits per heavy atom. The van der Waals surface area contributed by atoms with E-state index in [1.54, 1.807) is 13.8 Å². The highest BCUT2D eigenvalue weighted by Crippen LogP contribution is 2.21. The summed E-state index contributed by atoms with van der Waals surface area (Å²) in [6.45, 7) is 5.84. The van der Waals surface area contributed by atoms with Crippen molar-refractivity contribution < 1.29 is 14.1 Å². The van der Waals surface area contributed by atoms with Crippen LogP contribution >= 0.6 is 0 Å². The van der Waals surface area contributed by atoms with Gasteiger partial charge < -0.3 is 10.6 Å². The number of nitro benzene ring substituents is 1. The van der Waals surface area contributed by atoms with E-state index >= 15 is 0 Å². The Hall–Kier alpha value is -2.02. The van der Waals surface area contributed by atoms with Gasteiger partial charge in [0.05, 0.1) is 10.5 Å². The Kier molecular flexibility index (Phi) is 4.55. The van der Waals surface area contributed by atoms with Crippen LogP contribution in [0.5, 0.6) is 0 Å². The number of nitrogens with zero attached hydrogens (tertiary/aromatic N) is 1. The van der Waals surface area contributed by atoms with E-state index in [0.29, 0.717) is 6.54 Å². The first-order valence-corrected chi connectivity index (χ1v) is 5.78. The van der Waals surface area contributed by atoms with Crippen molar-refractivity contribution in [3.05, 3.63) is 34.1 Å². The Bertz CT molecular complexity index is 503. The second kappa shape index (κ2) is 5.75. The lowest BCUT2D eigenvalue weighted by atomic mass is 10.0. The van der Waals surface area contributed by atoms with Crippen molar-refractivity contribution >= 4 is 17.3 Å². The van der Waals surface area contributed by atoms with E-state index in [-0.39, 0.29) is 11.6 Å². The summed E-state index contributed by atoms with van der Waals surface area (Å²) in [7, 11) is 0. The molecule has 0 atom stereocenters. The highest BCUT2D eigenvalue weighted by atomic mass is 19.1. The van der Waals surface area contributed by atoms with Crippen molar-refractivity contribution in [1.82, 2.24) is 5.32 Å². The molecule has 1 aromatic rings. The lowest BCUT2D eigenvalue weighted by Gasteiger charge is -2.24. The van der Waals surface area contributed by atoms with Gasteiger partial charge in [-0.25, -0.2) is 0 Å². The molecule has 0 radical (unpaired) electrons. The molecule has 0 spiro atoms. The summed E-state index contributed by atoms with van der Waals surface area (Å²) in [4.78, 5) is 21.6. The van der Waals surface area contributed by atoms with Gasteiger partial charge in [-0.15, -0.1) is 0 Å². The summed E-state index contributed by atoms with van der Waals surface area (Å²) in [6, 6.07) is 3.24. The first kappa shape index (κ1) is 15.0. The molecule has 2 N–H and O–H groups in total. The summed E-state index contributed by atoms with van der Waals surface area (Å²) in [5.74, 6) is -1.33. The zero-order chi connectivity index (χ0) is 14.6. The molecule has 1 rings (SSSR count). The second-order valence-corrected chi connectivity index (χ2v) is 4.53. The molecular formula is C12H16FN3O3. The predicted octanol–water partition coefficient (Wildman–Crippen LogP) is 2.06. The quantitative estimate of drug-likeness (QED) is 0.633. The number of rotatable bonds is 5. The van der Waals surface area contributed by atoms with Crippen LogP contribution in [0.3, 0.4) is 0 Å².